The Bertz CT molecular complexity index is 976. The molecule has 2 aromatic rings. The van der Waals surface area contributed by atoms with Gasteiger partial charge in [-0.25, -0.2) is 35.5 Å². The van der Waals surface area contributed by atoms with Crippen LogP contribution in [0.2, 0.25) is 0 Å². The van der Waals surface area contributed by atoms with Gasteiger partial charge in [-0.05, 0) is 31.2 Å². The summed E-state index contributed by atoms with van der Waals surface area (Å²) < 4.78 is 76.1. The van der Waals surface area contributed by atoms with Crippen molar-refractivity contribution in [1.29, 1.82) is 0 Å². The van der Waals surface area contributed by atoms with Crippen LogP contribution in [-0.2, 0) is 20.0 Å². The lowest BCUT2D eigenvalue weighted by Gasteiger charge is -2.15. The molecule has 0 saturated heterocycles. The molecule has 0 saturated carbocycles. The predicted octanol–water partition coefficient (Wildman–Crippen LogP) is 1.65. The molecule has 10 heteroatoms. The SMILES string of the molecule is CC(NS(=O)(=O)c1cccc(S(N)(=O)=O)c1)c1ccc(F)cc1F. The number of rotatable bonds is 5. The molecule has 0 aliphatic rings. The van der Waals surface area contributed by atoms with Crippen LogP contribution in [0, 0.1) is 11.6 Å². The fraction of sp³-hybridized carbons (Fsp3) is 0.143. The van der Waals surface area contributed by atoms with Crippen molar-refractivity contribution >= 4 is 20.0 Å². The number of sulfonamides is 2. The highest BCUT2D eigenvalue weighted by molar-refractivity contribution is 7.90. The lowest BCUT2D eigenvalue weighted by molar-refractivity contribution is 0.540. The van der Waals surface area contributed by atoms with E-state index in [1.54, 1.807) is 0 Å². The number of hydrogen-bond acceptors (Lipinski definition) is 4. The zero-order valence-corrected chi connectivity index (χ0v) is 14.0. The van der Waals surface area contributed by atoms with Gasteiger partial charge in [0.1, 0.15) is 11.6 Å². The van der Waals surface area contributed by atoms with Gasteiger partial charge in [0, 0.05) is 17.7 Å². The number of nitrogens with one attached hydrogen (secondary N) is 1. The van der Waals surface area contributed by atoms with Crippen molar-refractivity contribution in [3.05, 3.63) is 59.7 Å². The van der Waals surface area contributed by atoms with E-state index in [1.165, 1.54) is 19.1 Å². The molecule has 0 spiro atoms. The summed E-state index contributed by atoms with van der Waals surface area (Å²) in [5.74, 6) is -1.68. The minimum Gasteiger partial charge on any atom is -0.225 e. The standard InChI is InChI=1S/C14H14F2N2O4S2/c1-9(13-6-5-10(15)7-14(13)16)18-24(21,22)12-4-2-3-11(8-12)23(17,19)20/h2-9,18H,1H3,(H2,17,19,20). The molecule has 0 aromatic heterocycles. The maximum atomic E-state index is 13.7. The van der Waals surface area contributed by atoms with E-state index in [0.717, 1.165) is 24.3 Å². The average Bonchev–Trinajstić information content (AvgIpc) is 2.45. The molecular weight excluding hydrogens is 362 g/mol. The molecule has 0 aliphatic heterocycles. The van der Waals surface area contributed by atoms with Crippen LogP contribution in [0.25, 0.3) is 0 Å². The normalized spacial score (nSPS) is 13.7. The second-order valence-corrected chi connectivity index (χ2v) is 8.30. The molecule has 1 unspecified atom stereocenters. The molecule has 0 heterocycles. The third kappa shape index (κ3) is 4.15. The fourth-order valence-corrected chi connectivity index (χ4v) is 3.94. The molecular formula is C14H14F2N2O4S2. The van der Waals surface area contributed by atoms with Crippen molar-refractivity contribution in [1.82, 2.24) is 4.72 Å². The monoisotopic (exact) mass is 376 g/mol. The maximum Gasteiger partial charge on any atom is 0.241 e. The molecule has 2 rings (SSSR count). The Morgan fingerprint density at radius 1 is 1.00 bits per heavy atom. The molecule has 3 N–H and O–H groups in total. The molecule has 130 valence electrons. The van der Waals surface area contributed by atoms with Crippen molar-refractivity contribution in [3.8, 4) is 0 Å². The van der Waals surface area contributed by atoms with E-state index in [4.69, 9.17) is 5.14 Å². The van der Waals surface area contributed by atoms with E-state index in [0.29, 0.717) is 6.07 Å². The van der Waals surface area contributed by atoms with E-state index in [9.17, 15) is 25.6 Å². The highest BCUT2D eigenvalue weighted by Gasteiger charge is 2.22. The maximum absolute atomic E-state index is 13.7. The molecule has 0 bridgehead atoms. The topological polar surface area (TPSA) is 106 Å². The largest absolute Gasteiger partial charge is 0.241 e. The third-order valence-electron chi connectivity index (χ3n) is 3.21. The van der Waals surface area contributed by atoms with Crippen LogP contribution in [0.15, 0.2) is 52.3 Å². The summed E-state index contributed by atoms with van der Waals surface area (Å²) in [7, 11) is -8.22. The lowest BCUT2D eigenvalue weighted by Crippen LogP contribution is -2.27. The van der Waals surface area contributed by atoms with Crippen molar-refractivity contribution in [2.45, 2.75) is 22.8 Å². The second kappa shape index (κ2) is 6.55. The van der Waals surface area contributed by atoms with Crippen LogP contribution >= 0.6 is 0 Å². The number of hydrogen-bond donors (Lipinski definition) is 2. The van der Waals surface area contributed by atoms with E-state index >= 15 is 0 Å². The first-order chi connectivity index (χ1) is 11.0. The van der Waals surface area contributed by atoms with Gasteiger partial charge < -0.3 is 0 Å². The van der Waals surface area contributed by atoms with Crippen molar-refractivity contribution < 1.29 is 25.6 Å². The molecule has 2 aromatic carbocycles. The van der Waals surface area contributed by atoms with Gasteiger partial charge in [0.05, 0.1) is 9.79 Å². The fourth-order valence-electron chi connectivity index (χ4n) is 2.04. The van der Waals surface area contributed by atoms with E-state index in [2.05, 4.69) is 4.72 Å². The summed E-state index contributed by atoms with van der Waals surface area (Å²) >= 11 is 0. The van der Waals surface area contributed by atoms with Crippen LogP contribution in [0.1, 0.15) is 18.5 Å². The number of primary sulfonamides is 1. The van der Waals surface area contributed by atoms with Crippen LogP contribution in [-0.4, -0.2) is 16.8 Å². The van der Waals surface area contributed by atoms with Crippen molar-refractivity contribution in [2.75, 3.05) is 0 Å². The van der Waals surface area contributed by atoms with Gasteiger partial charge in [-0.2, -0.15) is 0 Å². The first kappa shape index (κ1) is 18.5. The minimum atomic E-state index is -4.15. The Morgan fingerprint density at radius 3 is 2.21 bits per heavy atom. The Kier molecular flexibility index (Phi) is 5.04. The van der Waals surface area contributed by atoms with Gasteiger partial charge in [-0.1, -0.05) is 12.1 Å². The molecule has 0 amide bonds. The van der Waals surface area contributed by atoms with Gasteiger partial charge in [0.2, 0.25) is 20.0 Å². The van der Waals surface area contributed by atoms with Gasteiger partial charge in [-0.15, -0.1) is 0 Å². The first-order valence-corrected chi connectivity index (χ1v) is 9.64. The van der Waals surface area contributed by atoms with Crippen LogP contribution in [0.3, 0.4) is 0 Å². The predicted molar refractivity (Wildman–Crippen MR) is 82.9 cm³/mol. The molecule has 0 aliphatic carbocycles. The van der Waals surface area contributed by atoms with Crippen LogP contribution in [0.5, 0.6) is 0 Å². The van der Waals surface area contributed by atoms with E-state index < -0.39 is 37.7 Å². The Labute approximate surface area is 138 Å². The van der Waals surface area contributed by atoms with Crippen LogP contribution < -0.4 is 9.86 Å². The first-order valence-electron chi connectivity index (χ1n) is 6.61. The molecule has 24 heavy (non-hydrogen) atoms. The zero-order valence-electron chi connectivity index (χ0n) is 12.4. The van der Waals surface area contributed by atoms with Crippen molar-refractivity contribution in [3.63, 3.8) is 0 Å². The molecule has 0 fully saturated rings. The Morgan fingerprint density at radius 2 is 1.62 bits per heavy atom. The Balaban J connectivity index is 2.34. The molecule has 6 nitrogen and oxygen atoms in total. The highest BCUT2D eigenvalue weighted by Crippen LogP contribution is 2.21. The lowest BCUT2D eigenvalue weighted by atomic mass is 10.1. The third-order valence-corrected chi connectivity index (χ3v) is 5.65. The summed E-state index contributed by atoms with van der Waals surface area (Å²) in [6.07, 6.45) is 0. The Hall–Kier alpha value is -1.88. The number of halogens is 2. The van der Waals surface area contributed by atoms with Gasteiger partial charge in [0.25, 0.3) is 0 Å². The van der Waals surface area contributed by atoms with Crippen molar-refractivity contribution in [2.24, 2.45) is 5.14 Å². The van der Waals surface area contributed by atoms with Gasteiger partial charge in [0.15, 0.2) is 0 Å². The summed E-state index contributed by atoms with van der Waals surface area (Å²) in [4.78, 5) is -0.714. The number of benzene rings is 2. The summed E-state index contributed by atoms with van der Waals surface area (Å²) in [5.41, 5.74) is -0.0532. The smallest absolute Gasteiger partial charge is 0.225 e. The summed E-state index contributed by atoms with van der Waals surface area (Å²) in [5, 5.41) is 4.97. The second-order valence-electron chi connectivity index (χ2n) is 5.03. The minimum absolute atomic E-state index is 0.0532. The highest BCUT2D eigenvalue weighted by atomic mass is 32.2. The summed E-state index contributed by atoms with van der Waals surface area (Å²) in [6, 6.07) is 6.20. The average molecular weight is 376 g/mol. The number of nitrogens with two attached hydrogens (primary N) is 1. The molecule has 1 atom stereocenters. The van der Waals surface area contributed by atoms with Gasteiger partial charge >= 0.3 is 0 Å². The van der Waals surface area contributed by atoms with E-state index in [-0.39, 0.29) is 15.4 Å². The molecule has 0 radical (unpaired) electrons. The zero-order chi connectivity index (χ0) is 18.1. The van der Waals surface area contributed by atoms with Crippen LogP contribution in [0.4, 0.5) is 8.78 Å². The van der Waals surface area contributed by atoms with E-state index in [1.807, 2.05) is 0 Å². The quantitative estimate of drug-likeness (QED) is 0.827. The summed E-state index contributed by atoms with van der Waals surface area (Å²) in [6.45, 7) is 1.37. The van der Waals surface area contributed by atoms with Gasteiger partial charge in [-0.3, -0.25) is 0 Å².